The van der Waals surface area contributed by atoms with Crippen LogP contribution in [0.25, 0.3) is 0 Å². The summed E-state index contributed by atoms with van der Waals surface area (Å²) in [6, 6.07) is 15.2. The van der Waals surface area contributed by atoms with Crippen LogP contribution in [0.5, 0.6) is 17.4 Å². The lowest BCUT2D eigenvalue weighted by molar-refractivity contribution is 0.296. The van der Waals surface area contributed by atoms with E-state index in [1.165, 1.54) is 0 Å². The molecule has 0 fully saturated rings. The van der Waals surface area contributed by atoms with Crippen molar-refractivity contribution in [2.24, 2.45) is 0 Å². The van der Waals surface area contributed by atoms with Gasteiger partial charge in [0.2, 0.25) is 5.88 Å². The number of rotatable bonds is 6. The van der Waals surface area contributed by atoms with Crippen molar-refractivity contribution < 1.29 is 9.47 Å². The van der Waals surface area contributed by atoms with Gasteiger partial charge in [-0.25, -0.2) is 4.98 Å². The summed E-state index contributed by atoms with van der Waals surface area (Å²) in [5.41, 5.74) is 1.09. The molecule has 0 unspecified atom stereocenters. The molecule has 0 atom stereocenters. The Hall–Kier alpha value is -1.40. The molecule has 26 heavy (non-hydrogen) atoms. The van der Waals surface area contributed by atoms with E-state index in [1.807, 2.05) is 36.6 Å². The third kappa shape index (κ3) is 4.86. The first-order valence-electron chi connectivity index (χ1n) is 7.60. The van der Waals surface area contributed by atoms with E-state index in [9.17, 15) is 0 Å². The summed E-state index contributed by atoms with van der Waals surface area (Å²) in [6.07, 6.45) is 3.61. The van der Waals surface area contributed by atoms with Crippen LogP contribution in [0.4, 0.5) is 0 Å². The maximum Gasteiger partial charge on any atom is 0.220 e. The summed E-state index contributed by atoms with van der Waals surface area (Å²) in [5, 5.41) is 0.808. The number of hydrogen-bond donors (Lipinski definition) is 0. The van der Waals surface area contributed by atoms with E-state index in [4.69, 9.17) is 32.7 Å². The number of ether oxygens (including phenoxy) is 2. The minimum Gasteiger partial charge on any atom is -0.486 e. The first-order chi connectivity index (χ1) is 12.6. The van der Waals surface area contributed by atoms with Gasteiger partial charge in [-0.15, -0.1) is 11.8 Å². The Labute approximate surface area is 174 Å². The van der Waals surface area contributed by atoms with Crippen molar-refractivity contribution in [2.45, 2.75) is 11.5 Å². The maximum atomic E-state index is 6.21. The van der Waals surface area contributed by atoms with Crippen LogP contribution in [0, 0.1) is 0 Å². The van der Waals surface area contributed by atoms with Gasteiger partial charge in [-0.3, -0.25) is 0 Å². The van der Waals surface area contributed by atoms with Crippen molar-refractivity contribution in [2.75, 3.05) is 6.26 Å². The molecule has 1 aromatic heterocycles. The molecule has 0 aliphatic heterocycles. The first-order valence-corrected chi connectivity index (χ1v) is 10.4. The highest BCUT2D eigenvalue weighted by atomic mass is 79.9. The van der Waals surface area contributed by atoms with E-state index < -0.39 is 0 Å². The number of thioether (sulfide) groups is 1. The van der Waals surface area contributed by atoms with Gasteiger partial charge in [-0.2, -0.15) is 0 Å². The molecule has 0 radical (unpaired) electrons. The van der Waals surface area contributed by atoms with Crippen molar-refractivity contribution in [3.05, 3.63) is 74.8 Å². The third-order valence-corrected chi connectivity index (χ3v) is 5.21. The van der Waals surface area contributed by atoms with Crippen LogP contribution in [0.1, 0.15) is 5.56 Å². The number of nitrogens with zero attached hydrogens (tertiary/aromatic N) is 1. The lowest BCUT2D eigenvalue weighted by atomic mass is 10.2. The van der Waals surface area contributed by atoms with Gasteiger partial charge in [0.1, 0.15) is 6.61 Å². The quantitative estimate of drug-likeness (QED) is 0.355. The average Bonchev–Trinajstić information content (AvgIpc) is 2.64. The van der Waals surface area contributed by atoms with Crippen LogP contribution < -0.4 is 9.47 Å². The summed E-state index contributed by atoms with van der Waals surface area (Å²) in [5.74, 6) is 1.46. The summed E-state index contributed by atoms with van der Waals surface area (Å²) in [6.45, 7) is 0.473. The Morgan fingerprint density at radius 3 is 2.42 bits per heavy atom. The fourth-order valence-corrected chi connectivity index (χ4v) is 4.01. The zero-order valence-corrected chi connectivity index (χ0v) is 17.6. The molecule has 0 saturated carbocycles. The smallest absolute Gasteiger partial charge is 0.220 e. The molecule has 3 nitrogen and oxygen atoms in total. The van der Waals surface area contributed by atoms with Crippen molar-refractivity contribution in [1.82, 2.24) is 4.98 Å². The second-order valence-electron chi connectivity index (χ2n) is 5.25. The Balaban J connectivity index is 1.78. The predicted molar refractivity (Wildman–Crippen MR) is 111 cm³/mol. The van der Waals surface area contributed by atoms with Crippen molar-refractivity contribution in [3.8, 4) is 17.4 Å². The zero-order valence-electron chi connectivity index (χ0n) is 13.7. The molecular weight excluding hydrogens is 457 g/mol. The first kappa shape index (κ1) is 19.4. The monoisotopic (exact) mass is 469 g/mol. The van der Waals surface area contributed by atoms with Gasteiger partial charge in [0.15, 0.2) is 11.5 Å². The molecule has 0 amide bonds. The molecule has 0 bridgehead atoms. The van der Waals surface area contributed by atoms with Gasteiger partial charge < -0.3 is 9.47 Å². The Bertz CT molecular complexity index is 886. The second-order valence-corrected chi connectivity index (χ2v) is 7.83. The number of halogens is 3. The lowest BCUT2D eigenvalue weighted by Gasteiger charge is -2.13. The van der Waals surface area contributed by atoms with E-state index in [2.05, 4.69) is 20.9 Å². The molecule has 0 aliphatic carbocycles. The molecule has 0 spiro atoms. The highest BCUT2D eigenvalue weighted by Gasteiger charge is 2.13. The molecule has 7 heteroatoms. The normalized spacial score (nSPS) is 10.6. The minimum absolute atomic E-state index is 0.369. The third-order valence-electron chi connectivity index (χ3n) is 3.43. The number of benzene rings is 2. The standard InChI is InChI=1S/C19H14BrCl2NO2S/c1-26-17-9-18(25-19-14(21)7-13(20)8-15(19)22)23-10-16(17)24-11-12-5-3-2-4-6-12/h2-10H,11H2,1H3. The summed E-state index contributed by atoms with van der Waals surface area (Å²) in [4.78, 5) is 5.22. The van der Waals surface area contributed by atoms with E-state index in [0.29, 0.717) is 34.0 Å². The van der Waals surface area contributed by atoms with E-state index in [1.54, 1.807) is 36.2 Å². The minimum atomic E-state index is 0.369. The Kier molecular flexibility index (Phi) is 6.70. The van der Waals surface area contributed by atoms with Crippen molar-refractivity contribution in [3.63, 3.8) is 0 Å². The van der Waals surface area contributed by atoms with Crippen LogP contribution in [-0.4, -0.2) is 11.2 Å². The highest BCUT2D eigenvalue weighted by molar-refractivity contribution is 9.10. The summed E-state index contributed by atoms with van der Waals surface area (Å²) >= 11 is 17.3. The van der Waals surface area contributed by atoms with E-state index >= 15 is 0 Å². The molecule has 3 aromatic rings. The number of pyridine rings is 1. The van der Waals surface area contributed by atoms with E-state index in [-0.39, 0.29) is 0 Å². The molecule has 3 rings (SSSR count). The fraction of sp³-hybridized carbons (Fsp3) is 0.105. The van der Waals surface area contributed by atoms with Gasteiger partial charge >= 0.3 is 0 Å². The lowest BCUT2D eigenvalue weighted by Crippen LogP contribution is -1.98. The highest BCUT2D eigenvalue weighted by Crippen LogP contribution is 2.39. The van der Waals surface area contributed by atoms with Crippen molar-refractivity contribution in [1.29, 1.82) is 0 Å². The predicted octanol–water partition coefficient (Wildman–Crippen LogP) is 7.24. The fourth-order valence-electron chi connectivity index (χ4n) is 2.20. The topological polar surface area (TPSA) is 31.4 Å². The largest absolute Gasteiger partial charge is 0.486 e. The maximum absolute atomic E-state index is 6.21. The summed E-state index contributed by atoms with van der Waals surface area (Å²) in [7, 11) is 0. The summed E-state index contributed by atoms with van der Waals surface area (Å²) < 4.78 is 12.5. The van der Waals surface area contributed by atoms with E-state index in [0.717, 1.165) is 14.9 Å². The van der Waals surface area contributed by atoms with Crippen LogP contribution in [0.15, 0.2) is 64.1 Å². The molecule has 0 N–H and O–H groups in total. The van der Waals surface area contributed by atoms with Gasteiger partial charge in [0, 0.05) is 10.5 Å². The Morgan fingerprint density at radius 2 is 1.77 bits per heavy atom. The molecule has 0 saturated heterocycles. The molecule has 2 aromatic carbocycles. The Morgan fingerprint density at radius 1 is 1.08 bits per heavy atom. The number of aromatic nitrogens is 1. The van der Waals surface area contributed by atoms with Gasteiger partial charge in [-0.05, 0) is 24.0 Å². The average molecular weight is 471 g/mol. The molecular formula is C19H14BrCl2NO2S. The number of hydrogen-bond acceptors (Lipinski definition) is 4. The molecule has 134 valence electrons. The van der Waals surface area contributed by atoms with Crippen molar-refractivity contribution >= 4 is 50.9 Å². The van der Waals surface area contributed by atoms with Gasteiger partial charge in [0.05, 0.1) is 21.1 Å². The van der Waals surface area contributed by atoms with Crippen LogP contribution in [0.2, 0.25) is 10.0 Å². The van der Waals surface area contributed by atoms with Gasteiger partial charge in [0.25, 0.3) is 0 Å². The van der Waals surface area contributed by atoms with Crippen LogP contribution >= 0.6 is 50.9 Å². The zero-order chi connectivity index (χ0) is 18.5. The van der Waals surface area contributed by atoms with Gasteiger partial charge in [-0.1, -0.05) is 69.5 Å². The van der Waals surface area contributed by atoms with Crippen LogP contribution in [0.3, 0.4) is 0 Å². The van der Waals surface area contributed by atoms with Crippen LogP contribution in [-0.2, 0) is 6.61 Å². The SMILES string of the molecule is CSc1cc(Oc2c(Cl)cc(Br)cc2Cl)ncc1OCc1ccccc1. The molecule has 0 aliphatic rings. The molecule has 1 heterocycles. The second kappa shape index (κ2) is 9.00.